The van der Waals surface area contributed by atoms with E-state index in [2.05, 4.69) is 16.3 Å². The van der Waals surface area contributed by atoms with Crippen molar-refractivity contribution in [2.45, 2.75) is 62.9 Å². The van der Waals surface area contributed by atoms with E-state index in [1.807, 2.05) is 30.3 Å². The molecule has 5 rings (SSSR count). The molecule has 2 aromatic rings. The summed E-state index contributed by atoms with van der Waals surface area (Å²) >= 11 is 0. The Labute approximate surface area is 178 Å². The van der Waals surface area contributed by atoms with Gasteiger partial charge in [0.1, 0.15) is 11.5 Å². The maximum atomic E-state index is 14.1. The highest BCUT2D eigenvalue weighted by Gasteiger charge is 2.44. The molecule has 0 bridgehead atoms. The Hall–Kier alpha value is -1.95. The summed E-state index contributed by atoms with van der Waals surface area (Å²) in [5, 5.41) is 17.1. The molecular weight excluding hydrogens is 377 g/mol. The third kappa shape index (κ3) is 3.33. The lowest BCUT2D eigenvalue weighted by atomic mass is 9.79. The summed E-state index contributed by atoms with van der Waals surface area (Å²) in [7, 11) is 0. The third-order valence-corrected chi connectivity index (χ3v) is 7.77. The molecule has 2 aromatic carbocycles. The van der Waals surface area contributed by atoms with Crippen LogP contribution in [0.2, 0.25) is 0 Å². The summed E-state index contributed by atoms with van der Waals surface area (Å²) < 4.78 is 13.9. The van der Waals surface area contributed by atoms with Crippen LogP contribution in [0.1, 0.15) is 56.9 Å². The number of hydroxylamine groups is 2. The van der Waals surface area contributed by atoms with Crippen molar-refractivity contribution in [3.63, 3.8) is 0 Å². The van der Waals surface area contributed by atoms with Gasteiger partial charge in [-0.15, -0.1) is 0 Å². The molecule has 0 spiro atoms. The fourth-order valence-corrected chi connectivity index (χ4v) is 6.16. The van der Waals surface area contributed by atoms with Crippen molar-refractivity contribution < 1.29 is 4.39 Å². The van der Waals surface area contributed by atoms with E-state index in [0.717, 1.165) is 55.7 Å². The SMILES string of the molecule is [O-][N+]1(C2CCN(C3(c4cccc(F)c4)CCCCCC3)CC2)CNc2ccccc21. The Morgan fingerprint density at radius 1 is 0.967 bits per heavy atom. The molecule has 0 radical (unpaired) electrons. The van der Waals surface area contributed by atoms with Gasteiger partial charge in [-0.3, -0.25) is 4.90 Å². The van der Waals surface area contributed by atoms with Gasteiger partial charge in [0.25, 0.3) is 0 Å². The number of likely N-dealkylation sites (tertiary alicyclic amines) is 1. The summed E-state index contributed by atoms with van der Waals surface area (Å²) in [5.41, 5.74) is 2.90. The molecule has 4 nitrogen and oxygen atoms in total. The largest absolute Gasteiger partial charge is 0.626 e. The van der Waals surface area contributed by atoms with E-state index in [-0.39, 0.29) is 22.0 Å². The van der Waals surface area contributed by atoms with Gasteiger partial charge in [-0.1, -0.05) is 49.9 Å². The molecule has 1 saturated heterocycles. The number of rotatable bonds is 3. The number of benzene rings is 2. The second kappa shape index (κ2) is 7.95. The topological polar surface area (TPSA) is 38.3 Å². The Morgan fingerprint density at radius 2 is 1.70 bits per heavy atom. The van der Waals surface area contributed by atoms with Crippen LogP contribution in [-0.2, 0) is 5.54 Å². The fraction of sp³-hybridized carbons (Fsp3) is 0.520. The zero-order valence-electron chi connectivity index (χ0n) is 17.7. The van der Waals surface area contributed by atoms with Crippen molar-refractivity contribution in [1.29, 1.82) is 0 Å². The lowest BCUT2D eigenvalue weighted by Gasteiger charge is -2.52. The fourth-order valence-electron chi connectivity index (χ4n) is 6.16. The van der Waals surface area contributed by atoms with Crippen molar-refractivity contribution in [1.82, 2.24) is 9.55 Å². The van der Waals surface area contributed by atoms with Crippen LogP contribution in [0.25, 0.3) is 0 Å². The van der Waals surface area contributed by atoms with Gasteiger partial charge in [0.15, 0.2) is 12.4 Å². The highest BCUT2D eigenvalue weighted by atomic mass is 19.1. The number of anilines is 1. The molecule has 0 amide bonds. The molecule has 0 aromatic heterocycles. The lowest BCUT2D eigenvalue weighted by molar-refractivity contribution is 0.0278. The molecule has 5 heteroatoms. The Bertz CT molecular complexity index is 887. The first-order valence-corrected chi connectivity index (χ1v) is 11.6. The number of hydrogen-bond donors (Lipinski definition) is 1. The highest BCUT2D eigenvalue weighted by molar-refractivity contribution is 5.72. The van der Waals surface area contributed by atoms with Gasteiger partial charge in [0, 0.05) is 37.5 Å². The van der Waals surface area contributed by atoms with E-state index in [4.69, 9.17) is 0 Å². The molecule has 1 N–H and O–H groups in total. The van der Waals surface area contributed by atoms with Crippen molar-refractivity contribution in [3.8, 4) is 0 Å². The predicted octanol–water partition coefficient (Wildman–Crippen LogP) is 5.73. The number of fused-ring (bicyclic) bond motifs is 1. The van der Waals surface area contributed by atoms with E-state index in [1.54, 1.807) is 12.1 Å². The van der Waals surface area contributed by atoms with Crippen molar-refractivity contribution in [2.24, 2.45) is 0 Å². The van der Waals surface area contributed by atoms with Gasteiger partial charge in [-0.25, -0.2) is 4.39 Å². The first-order valence-electron chi connectivity index (χ1n) is 11.6. The van der Waals surface area contributed by atoms with Gasteiger partial charge >= 0.3 is 0 Å². The average Bonchev–Trinajstić information content (AvgIpc) is 2.96. The van der Waals surface area contributed by atoms with E-state index >= 15 is 0 Å². The van der Waals surface area contributed by atoms with Crippen LogP contribution in [-0.4, -0.2) is 30.7 Å². The molecule has 2 fully saturated rings. The van der Waals surface area contributed by atoms with E-state index in [1.165, 1.54) is 25.7 Å². The predicted molar refractivity (Wildman–Crippen MR) is 120 cm³/mol. The standard InChI is InChI=1S/C25H32FN3O/c26-21-9-7-8-20(18-21)25(14-5-1-2-6-15-25)28-16-12-22(13-17-28)29(30)19-27-23-10-3-4-11-24(23)29/h3-4,7-11,18,22,27H,1-2,5-6,12-17,19H2. The van der Waals surface area contributed by atoms with Crippen LogP contribution in [0, 0.1) is 11.0 Å². The summed E-state index contributed by atoms with van der Waals surface area (Å²) in [6.45, 7) is 2.25. The minimum Gasteiger partial charge on any atom is -0.626 e. The lowest BCUT2D eigenvalue weighted by Crippen LogP contribution is -2.58. The molecule has 3 aliphatic rings. The molecule has 1 aliphatic carbocycles. The van der Waals surface area contributed by atoms with E-state index < -0.39 is 0 Å². The number of halogens is 1. The monoisotopic (exact) mass is 409 g/mol. The van der Waals surface area contributed by atoms with Crippen LogP contribution >= 0.6 is 0 Å². The number of quaternary nitrogens is 1. The van der Waals surface area contributed by atoms with Crippen LogP contribution in [0.3, 0.4) is 0 Å². The molecule has 2 heterocycles. The van der Waals surface area contributed by atoms with Gasteiger partial charge < -0.3 is 15.2 Å². The molecule has 1 saturated carbocycles. The molecular formula is C25H32FN3O. The van der Waals surface area contributed by atoms with E-state index in [9.17, 15) is 9.60 Å². The third-order valence-electron chi connectivity index (χ3n) is 7.77. The summed E-state index contributed by atoms with van der Waals surface area (Å²) in [5.74, 6) is -0.144. The Morgan fingerprint density at radius 3 is 2.43 bits per heavy atom. The number of nitrogens with zero attached hydrogens (tertiary/aromatic N) is 2. The smallest absolute Gasteiger partial charge is 0.158 e. The van der Waals surface area contributed by atoms with Crippen LogP contribution < -0.4 is 9.96 Å². The summed E-state index contributed by atoms with van der Waals surface area (Å²) in [6.07, 6.45) is 8.84. The van der Waals surface area contributed by atoms with Gasteiger partial charge in [-0.05, 0) is 36.6 Å². The molecule has 2 aliphatic heterocycles. The minimum atomic E-state index is -0.253. The Kier molecular flexibility index (Phi) is 5.30. The second-order valence-electron chi connectivity index (χ2n) is 9.32. The maximum Gasteiger partial charge on any atom is 0.158 e. The number of nitrogens with one attached hydrogen (secondary N) is 1. The molecule has 1 atom stereocenters. The quantitative estimate of drug-likeness (QED) is 0.400. The van der Waals surface area contributed by atoms with Gasteiger partial charge in [0.2, 0.25) is 0 Å². The average molecular weight is 410 g/mol. The van der Waals surface area contributed by atoms with Crippen LogP contribution in [0.15, 0.2) is 48.5 Å². The second-order valence-corrected chi connectivity index (χ2v) is 9.32. The molecule has 160 valence electrons. The van der Waals surface area contributed by atoms with Crippen LogP contribution in [0.4, 0.5) is 15.8 Å². The summed E-state index contributed by atoms with van der Waals surface area (Å²) in [6, 6.07) is 15.3. The number of piperidine rings is 1. The molecule has 30 heavy (non-hydrogen) atoms. The van der Waals surface area contributed by atoms with Crippen LogP contribution in [0.5, 0.6) is 0 Å². The van der Waals surface area contributed by atoms with Gasteiger partial charge in [-0.2, -0.15) is 0 Å². The zero-order valence-corrected chi connectivity index (χ0v) is 17.7. The normalized spacial score (nSPS) is 27.3. The summed E-state index contributed by atoms with van der Waals surface area (Å²) in [4.78, 5) is 2.59. The number of para-hydroxylation sites is 2. The van der Waals surface area contributed by atoms with Gasteiger partial charge in [0.05, 0.1) is 6.04 Å². The number of hydrogen-bond acceptors (Lipinski definition) is 3. The maximum absolute atomic E-state index is 14.1. The van der Waals surface area contributed by atoms with E-state index in [0.29, 0.717) is 6.67 Å². The van der Waals surface area contributed by atoms with Crippen molar-refractivity contribution in [2.75, 3.05) is 25.1 Å². The minimum absolute atomic E-state index is 0.0766. The van der Waals surface area contributed by atoms with Crippen molar-refractivity contribution in [3.05, 3.63) is 65.1 Å². The first kappa shape index (κ1) is 20.0. The first-order chi connectivity index (χ1) is 14.6. The van der Waals surface area contributed by atoms with Crippen molar-refractivity contribution >= 4 is 11.4 Å². The highest BCUT2D eigenvalue weighted by Crippen LogP contribution is 2.45. The Balaban J connectivity index is 1.39. The molecule has 1 unspecified atom stereocenters. The zero-order chi connectivity index (χ0) is 20.6.